The predicted molar refractivity (Wildman–Crippen MR) is 68.9 cm³/mol. The van der Waals surface area contributed by atoms with Crippen molar-refractivity contribution in [1.82, 2.24) is 15.5 Å². The molecule has 2 unspecified atom stereocenters. The minimum Gasteiger partial charge on any atom is -0.355 e. The quantitative estimate of drug-likeness (QED) is 0.743. The van der Waals surface area contributed by atoms with Crippen molar-refractivity contribution in [2.75, 3.05) is 20.1 Å². The Bertz CT molecular complexity index is 255. The molecule has 4 nitrogen and oxygen atoms in total. The van der Waals surface area contributed by atoms with Gasteiger partial charge in [0, 0.05) is 24.7 Å². The zero-order chi connectivity index (χ0) is 12.3. The minimum absolute atomic E-state index is 0.137. The molecule has 2 heterocycles. The highest BCUT2D eigenvalue weighted by atomic mass is 16.1. The van der Waals surface area contributed by atoms with Crippen molar-refractivity contribution >= 4 is 5.91 Å². The largest absolute Gasteiger partial charge is 0.355 e. The molecule has 2 atom stereocenters. The lowest BCUT2D eigenvalue weighted by Crippen LogP contribution is -2.49. The molecule has 2 aliphatic heterocycles. The van der Waals surface area contributed by atoms with Gasteiger partial charge in [-0.05, 0) is 39.2 Å². The van der Waals surface area contributed by atoms with Gasteiger partial charge in [-0.2, -0.15) is 0 Å². The van der Waals surface area contributed by atoms with Crippen LogP contribution in [0.25, 0.3) is 0 Å². The third kappa shape index (κ3) is 3.19. The molecular weight excluding hydrogens is 214 g/mol. The molecule has 2 N–H and O–H groups in total. The van der Waals surface area contributed by atoms with Crippen LogP contribution in [0.4, 0.5) is 0 Å². The van der Waals surface area contributed by atoms with Gasteiger partial charge < -0.3 is 15.5 Å². The van der Waals surface area contributed by atoms with Crippen molar-refractivity contribution in [3.8, 4) is 0 Å². The predicted octanol–water partition coefficient (Wildman–Crippen LogP) is 0.727. The van der Waals surface area contributed by atoms with Crippen LogP contribution < -0.4 is 10.6 Å². The zero-order valence-electron chi connectivity index (χ0n) is 11.0. The molecule has 98 valence electrons. The molecule has 0 saturated carbocycles. The van der Waals surface area contributed by atoms with E-state index in [1.165, 1.54) is 25.7 Å². The Hall–Kier alpha value is -0.610. The summed E-state index contributed by atoms with van der Waals surface area (Å²) in [6, 6.07) is 2.02. The van der Waals surface area contributed by atoms with Crippen molar-refractivity contribution in [2.45, 2.75) is 57.2 Å². The van der Waals surface area contributed by atoms with Crippen molar-refractivity contribution in [2.24, 2.45) is 0 Å². The second-order valence-corrected chi connectivity index (χ2v) is 5.45. The third-order valence-electron chi connectivity index (χ3n) is 4.22. The molecule has 0 aromatic heterocycles. The fourth-order valence-electron chi connectivity index (χ4n) is 3.14. The number of nitrogens with zero attached hydrogens (tertiary/aromatic N) is 1. The summed E-state index contributed by atoms with van der Waals surface area (Å²) in [6.07, 6.45) is 6.08. The zero-order valence-corrected chi connectivity index (χ0v) is 11.0. The molecule has 0 aromatic rings. The summed E-state index contributed by atoms with van der Waals surface area (Å²) in [6.45, 7) is 3.34. The molecule has 2 bridgehead atoms. The number of carbonyl (C=O) groups excluding carboxylic acids is 1. The molecule has 0 aromatic carbocycles. The number of amides is 1. The van der Waals surface area contributed by atoms with Gasteiger partial charge in [0.1, 0.15) is 0 Å². The van der Waals surface area contributed by atoms with Gasteiger partial charge in [0.2, 0.25) is 5.91 Å². The molecule has 0 aliphatic carbocycles. The Labute approximate surface area is 104 Å². The maximum Gasteiger partial charge on any atom is 0.233 e. The first-order valence-electron chi connectivity index (χ1n) is 6.92. The number of rotatable bonds is 5. The first-order chi connectivity index (χ1) is 8.20. The van der Waals surface area contributed by atoms with E-state index < -0.39 is 0 Å². The van der Waals surface area contributed by atoms with Gasteiger partial charge in [0.05, 0.1) is 6.54 Å². The molecule has 4 heteroatoms. The second-order valence-electron chi connectivity index (χ2n) is 5.45. The summed E-state index contributed by atoms with van der Waals surface area (Å²) in [4.78, 5) is 14.0. The Kier molecular flexibility index (Phi) is 4.40. The first kappa shape index (κ1) is 12.8. The smallest absolute Gasteiger partial charge is 0.233 e. The third-order valence-corrected chi connectivity index (χ3v) is 4.22. The number of hydrogen-bond acceptors (Lipinski definition) is 3. The normalized spacial score (nSPS) is 32.7. The molecule has 0 spiro atoms. The van der Waals surface area contributed by atoms with Crippen molar-refractivity contribution in [3.05, 3.63) is 0 Å². The summed E-state index contributed by atoms with van der Waals surface area (Å²) >= 11 is 0. The van der Waals surface area contributed by atoms with Gasteiger partial charge in [-0.3, -0.25) is 4.79 Å². The van der Waals surface area contributed by atoms with Crippen LogP contribution in [0.2, 0.25) is 0 Å². The average Bonchev–Trinajstić information content (AvgIpc) is 2.57. The molecule has 2 fully saturated rings. The highest BCUT2D eigenvalue weighted by Gasteiger charge is 2.38. The van der Waals surface area contributed by atoms with E-state index in [-0.39, 0.29) is 5.91 Å². The first-order valence-corrected chi connectivity index (χ1v) is 6.92. The fourth-order valence-corrected chi connectivity index (χ4v) is 3.14. The monoisotopic (exact) mass is 239 g/mol. The van der Waals surface area contributed by atoms with E-state index in [1.807, 2.05) is 0 Å². The summed E-state index contributed by atoms with van der Waals surface area (Å²) in [5.74, 6) is 0.137. The number of hydrogen-bond donors (Lipinski definition) is 2. The summed E-state index contributed by atoms with van der Waals surface area (Å²) in [7, 11) is 2.24. The van der Waals surface area contributed by atoms with Crippen LogP contribution in [-0.4, -0.2) is 49.1 Å². The second kappa shape index (κ2) is 5.83. The number of carbonyl (C=O) groups is 1. The maximum atomic E-state index is 11.5. The average molecular weight is 239 g/mol. The molecule has 2 rings (SSSR count). The Morgan fingerprint density at radius 1 is 1.29 bits per heavy atom. The van der Waals surface area contributed by atoms with E-state index in [9.17, 15) is 4.79 Å². The standard InChI is InChI=1S/C13H25N3O/c1-3-6-14-13(17)9-15-10-7-11-4-5-12(8-10)16(11)2/h10-12,15H,3-9H2,1-2H3,(H,14,17). The Balaban J connectivity index is 1.69. The Morgan fingerprint density at radius 3 is 2.53 bits per heavy atom. The maximum absolute atomic E-state index is 11.5. The lowest BCUT2D eigenvalue weighted by Gasteiger charge is -2.36. The molecule has 0 radical (unpaired) electrons. The van der Waals surface area contributed by atoms with E-state index >= 15 is 0 Å². The van der Waals surface area contributed by atoms with Crippen LogP contribution in [-0.2, 0) is 4.79 Å². The van der Waals surface area contributed by atoms with Crippen LogP contribution in [0.5, 0.6) is 0 Å². The van der Waals surface area contributed by atoms with Crippen molar-refractivity contribution < 1.29 is 4.79 Å². The summed E-state index contributed by atoms with van der Waals surface area (Å²) in [5.41, 5.74) is 0. The van der Waals surface area contributed by atoms with E-state index in [4.69, 9.17) is 0 Å². The number of nitrogens with one attached hydrogen (secondary N) is 2. The van der Waals surface area contributed by atoms with E-state index in [0.29, 0.717) is 12.6 Å². The Morgan fingerprint density at radius 2 is 1.94 bits per heavy atom. The van der Waals surface area contributed by atoms with Crippen LogP contribution in [0.15, 0.2) is 0 Å². The van der Waals surface area contributed by atoms with Crippen molar-refractivity contribution in [3.63, 3.8) is 0 Å². The minimum atomic E-state index is 0.137. The van der Waals surface area contributed by atoms with Gasteiger partial charge >= 0.3 is 0 Å². The highest BCUT2D eigenvalue weighted by Crippen LogP contribution is 2.33. The summed E-state index contributed by atoms with van der Waals surface area (Å²) < 4.78 is 0. The molecule has 2 saturated heterocycles. The molecule has 17 heavy (non-hydrogen) atoms. The van der Waals surface area contributed by atoms with E-state index in [1.54, 1.807) is 0 Å². The lowest BCUT2D eigenvalue weighted by molar-refractivity contribution is -0.120. The fraction of sp³-hybridized carbons (Fsp3) is 0.923. The van der Waals surface area contributed by atoms with Gasteiger partial charge in [0.25, 0.3) is 0 Å². The van der Waals surface area contributed by atoms with Gasteiger partial charge in [-0.15, -0.1) is 0 Å². The van der Waals surface area contributed by atoms with Gasteiger partial charge in [-0.1, -0.05) is 6.92 Å². The van der Waals surface area contributed by atoms with Crippen LogP contribution in [0, 0.1) is 0 Å². The van der Waals surface area contributed by atoms with Gasteiger partial charge in [0.15, 0.2) is 0 Å². The molecule has 2 aliphatic rings. The topological polar surface area (TPSA) is 44.4 Å². The van der Waals surface area contributed by atoms with E-state index in [0.717, 1.165) is 25.0 Å². The van der Waals surface area contributed by atoms with Crippen molar-refractivity contribution in [1.29, 1.82) is 0 Å². The molecule has 1 amide bonds. The van der Waals surface area contributed by atoms with Crippen LogP contribution in [0.1, 0.15) is 39.0 Å². The lowest BCUT2D eigenvalue weighted by atomic mass is 9.98. The SMILES string of the molecule is CCCNC(=O)CNC1CC2CCC(C1)N2C. The van der Waals surface area contributed by atoms with Gasteiger partial charge in [-0.25, -0.2) is 0 Å². The number of fused-ring (bicyclic) bond motifs is 2. The number of piperidine rings is 1. The highest BCUT2D eigenvalue weighted by molar-refractivity contribution is 5.77. The molecular formula is C13H25N3O. The van der Waals surface area contributed by atoms with E-state index in [2.05, 4.69) is 29.5 Å². The summed E-state index contributed by atoms with van der Waals surface area (Å²) in [5, 5.41) is 6.32. The van der Waals surface area contributed by atoms with Crippen LogP contribution >= 0.6 is 0 Å². The van der Waals surface area contributed by atoms with Crippen LogP contribution in [0.3, 0.4) is 0 Å².